The number of hydrogen-bond acceptors (Lipinski definition) is 6. The van der Waals surface area contributed by atoms with Gasteiger partial charge in [0.1, 0.15) is 10.6 Å². The van der Waals surface area contributed by atoms with Gasteiger partial charge in [-0.15, -0.1) is 0 Å². The molecule has 1 N–H and O–H groups in total. The SMILES string of the molecule is COc1ccc(C(=O)NN(C)C)cc1S(=O)(=O)N1CCOCC1. The van der Waals surface area contributed by atoms with Crippen LogP contribution in [0.2, 0.25) is 0 Å². The van der Waals surface area contributed by atoms with Gasteiger partial charge in [0.25, 0.3) is 5.91 Å². The molecule has 0 aliphatic carbocycles. The lowest BCUT2D eigenvalue weighted by molar-refractivity contribution is 0.0729. The van der Waals surface area contributed by atoms with E-state index < -0.39 is 15.9 Å². The van der Waals surface area contributed by atoms with Crippen molar-refractivity contribution in [2.24, 2.45) is 0 Å². The fourth-order valence-corrected chi connectivity index (χ4v) is 3.80. The minimum Gasteiger partial charge on any atom is -0.495 e. The number of methoxy groups -OCH3 is 1. The smallest absolute Gasteiger partial charge is 0.265 e. The molecule has 1 fully saturated rings. The molecule has 0 bridgehead atoms. The molecule has 0 atom stereocenters. The van der Waals surface area contributed by atoms with Crippen LogP contribution in [0.3, 0.4) is 0 Å². The Balaban J connectivity index is 2.40. The van der Waals surface area contributed by atoms with E-state index in [-0.39, 0.29) is 29.3 Å². The number of benzene rings is 1. The van der Waals surface area contributed by atoms with Crippen molar-refractivity contribution < 1.29 is 22.7 Å². The fraction of sp³-hybridized carbons (Fsp3) is 0.500. The minimum atomic E-state index is -3.75. The second-order valence-electron chi connectivity index (χ2n) is 5.22. The van der Waals surface area contributed by atoms with Crippen molar-refractivity contribution >= 4 is 15.9 Å². The van der Waals surface area contributed by atoms with Gasteiger partial charge in [-0.3, -0.25) is 10.2 Å². The Labute approximate surface area is 136 Å². The van der Waals surface area contributed by atoms with E-state index in [1.165, 1.54) is 34.6 Å². The van der Waals surface area contributed by atoms with Crippen LogP contribution in [-0.4, -0.2) is 71.1 Å². The number of nitrogens with zero attached hydrogens (tertiary/aromatic N) is 2. The van der Waals surface area contributed by atoms with E-state index >= 15 is 0 Å². The number of hydrogen-bond donors (Lipinski definition) is 1. The zero-order valence-corrected chi connectivity index (χ0v) is 14.2. The number of rotatable bonds is 5. The van der Waals surface area contributed by atoms with Crippen molar-refractivity contribution in [1.82, 2.24) is 14.7 Å². The molecule has 1 aliphatic heterocycles. The summed E-state index contributed by atoms with van der Waals surface area (Å²) in [5, 5.41) is 1.49. The van der Waals surface area contributed by atoms with Gasteiger partial charge >= 0.3 is 0 Å². The Morgan fingerprint density at radius 3 is 2.52 bits per heavy atom. The highest BCUT2D eigenvalue weighted by Gasteiger charge is 2.30. The summed E-state index contributed by atoms with van der Waals surface area (Å²) in [4.78, 5) is 12.1. The molecule has 1 aromatic carbocycles. The van der Waals surface area contributed by atoms with Gasteiger partial charge in [-0.05, 0) is 18.2 Å². The highest BCUT2D eigenvalue weighted by atomic mass is 32.2. The van der Waals surface area contributed by atoms with Gasteiger partial charge in [-0.25, -0.2) is 13.4 Å². The van der Waals surface area contributed by atoms with Crippen LogP contribution in [0.15, 0.2) is 23.1 Å². The number of nitrogens with one attached hydrogen (secondary N) is 1. The van der Waals surface area contributed by atoms with Gasteiger partial charge in [0, 0.05) is 32.7 Å². The first-order valence-electron chi connectivity index (χ1n) is 7.10. The topological polar surface area (TPSA) is 88.2 Å². The van der Waals surface area contributed by atoms with E-state index in [0.717, 1.165) is 0 Å². The molecule has 0 radical (unpaired) electrons. The molecular weight excluding hydrogens is 322 g/mol. The largest absolute Gasteiger partial charge is 0.495 e. The first-order chi connectivity index (χ1) is 10.9. The average Bonchev–Trinajstić information content (AvgIpc) is 2.54. The van der Waals surface area contributed by atoms with Gasteiger partial charge in [0.05, 0.1) is 20.3 Å². The number of morpholine rings is 1. The van der Waals surface area contributed by atoms with Gasteiger partial charge in [0.2, 0.25) is 10.0 Å². The lowest BCUT2D eigenvalue weighted by Gasteiger charge is -2.26. The quantitative estimate of drug-likeness (QED) is 0.753. The molecule has 1 heterocycles. The molecule has 0 unspecified atom stereocenters. The average molecular weight is 343 g/mol. The molecule has 9 heteroatoms. The fourth-order valence-electron chi connectivity index (χ4n) is 2.21. The van der Waals surface area contributed by atoms with Crippen LogP contribution in [0.1, 0.15) is 10.4 Å². The number of hydrazine groups is 1. The minimum absolute atomic E-state index is 0.0201. The molecule has 1 aliphatic rings. The number of carbonyl (C=O) groups excluding carboxylic acids is 1. The maximum Gasteiger partial charge on any atom is 0.265 e. The zero-order chi connectivity index (χ0) is 17.0. The van der Waals surface area contributed by atoms with Crippen molar-refractivity contribution in [1.29, 1.82) is 0 Å². The third-order valence-electron chi connectivity index (χ3n) is 3.34. The maximum atomic E-state index is 12.8. The third kappa shape index (κ3) is 3.99. The first kappa shape index (κ1) is 17.7. The molecule has 0 spiro atoms. The molecule has 2 rings (SSSR count). The van der Waals surface area contributed by atoms with Crippen molar-refractivity contribution in [3.63, 3.8) is 0 Å². The molecule has 1 amide bonds. The Hall–Kier alpha value is -1.68. The summed E-state index contributed by atoms with van der Waals surface area (Å²) < 4.78 is 37.3. The van der Waals surface area contributed by atoms with Crippen molar-refractivity contribution in [2.45, 2.75) is 4.90 Å². The monoisotopic (exact) mass is 343 g/mol. The highest BCUT2D eigenvalue weighted by molar-refractivity contribution is 7.89. The van der Waals surface area contributed by atoms with Crippen LogP contribution >= 0.6 is 0 Å². The third-order valence-corrected chi connectivity index (χ3v) is 5.26. The summed E-state index contributed by atoms with van der Waals surface area (Å²) >= 11 is 0. The van der Waals surface area contributed by atoms with E-state index in [1.54, 1.807) is 14.1 Å². The normalized spacial score (nSPS) is 16.3. The van der Waals surface area contributed by atoms with Crippen LogP contribution in [0.4, 0.5) is 0 Å². The Morgan fingerprint density at radius 2 is 1.96 bits per heavy atom. The summed E-state index contributed by atoms with van der Waals surface area (Å²) in [7, 11) is 0.988. The van der Waals surface area contributed by atoms with Crippen LogP contribution < -0.4 is 10.2 Å². The number of ether oxygens (including phenoxy) is 2. The molecular formula is C14H21N3O5S. The van der Waals surface area contributed by atoms with E-state index in [1.807, 2.05) is 0 Å². The number of amides is 1. The van der Waals surface area contributed by atoms with Crippen LogP contribution in [0.25, 0.3) is 0 Å². The van der Waals surface area contributed by atoms with Gasteiger partial charge < -0.3 is 9.47 Å². The molecule has 128 valence electrons. The number of carbonyl (C=O) groups is 1. The summed E-state index contributed by atoms with van der Waals surface area (Å²) in [5.41, 5.74) is 2.82. The highest BCUT2D eigenvalue weighted by Crippen LogP contribution is 2.28. The lowest BCUT2D eigenvalue weighted by atomic mass is 10.2. The first-order valence-corrected chi connectivity index (χ1v) is 8.54. The summed E-state index contributed by atoms with van der Waals surface area (Å²) in [6, 6.07) is 4.34. The van der Waals surface area contributed by atoms with Gasteiger partial charge in [-0.2, -0.15) is 4.31 Å². The Bertz CT molecular complexity index is 669. The predicted octanol–water partition coefficient (Wildman–Crippen LogP) is -0.0775. The summed E-state index contributed by atoms with van der Waals surface area (Å²) in [5.74, 6) is -0.186. The molecule has 8 nitrogen and oxygen atoms in total. The molecule has 23 heavy (non-hydrogen) atoms. The van der Waals surface area contributed by atoms with Crippen LogP contribution in [0, 0.1) is 0 Å². The standard InChI is InChI=1S/C14H21N3O5S/c1-16(2)15-14(18)11-4-5-12(21-3)13(10-11)23(19,20)17-6-8-22-9-7-17/h4-5,10H,6-9H2,1-3H3,(H,15,18). The van der Waals surface area contributed by atoms with Crippen LogP contribution in [-0.2, 0) is 14.8 Å². The van der Waals surface area contributed by atoms with Gasteiger partial charge in [-0.1, -0.05) is 0 Å². The van der Waals surface area contributed by atoms with Crippen LogP contribution in [0.5, 0.6) is 5.75 Å². The second kappa shape index (κ2) is 7.26. The second-order valence-corrected chi connectivity index (χ2v) is 7.12. The van der Waals surface area contributed by atoms with E-state index in [4.69, 9.17) is 9.47 Å². The molecule has 0 saturated carbocycles. The Kier molecular flexibility index (Phi) is 5.58. The maximum absolute atomic E-state index is 12.8. The molecule has 1 saturated heterocycles. The Morgan fingerprint density at radius 1 is 1.30 bits per heavy atom. The summed E-state index contributed by atoms with van der Waals surface area (Å²) in [6.45, 7) is 1.25. The molecule has 1 aromatic rings. The van der Waals surface area contributed by atoms with E-state index in [2.05, 4.69) is 5.43 Å². The molecule has 0 aromatic heterocycles. The van der Waals surface area contributed by atoms with Crippen molar-refractivity contribution in [3.05, 3.63) is 23.8 Å². The lowest BCUT2D eigenvalue weighted by Crippen LogP contribution is -2.41. The van der Waals surface area contributed by atoms with Crippen molar-refractivity contribution in [2.75, 3.05) is 47.5 Å². The van der Waals surface area contributed by atoms with Crippen molar-refractivity contribution in [3.8, 4) is 5.75 Å². The zero-order valence-electron chi connectivity index (χ0n) is 13.4. The van der Waals surface area contributed by atoms with E-state index in [9.17, 15) is 13.2 Å². The van der Waals surface area contributed by atoms with E-state index in [0.29, 0.717) is 13.2 Å². The van der Waals surface area contributed by atoms with Gasteiger partial charge in [0.15, 0.2) is 0 Å². The predicted molar refractivity (Wildman–Crippen MR) is 83.7 cm³/mol. The number of sulfonamides is 1. The summed E-state index contributed by atoms with van der Waals surface area (Å²) in [6.07, 6.45) is 0.